The van der Waals surface area contributed by atoms with Crippen LogP contribution < -0.4 is 10.6 Å². The number of benzene rings is 1. The van der Waals surface area contributed by atoms with Gasteiger partial charge in [0, 0.05) is 18.0 Å². The lowest BCUT2D eigenvalue weighted by molar-refractivity contribution is 0.114. The van der Waals surface area contributed by atoms with Crippen molar-refractivity contribution in [2.45, 2.75) is 23.8 Å². The molecule has 1 heterocycles. The van der Waals surface area contributed by atoms with Crippen molar-refractivity contribution < 1.29 is 4.74 Å². The average molecular weight is 282 g/mol. The topological polar surface area (TPSA) is 33.3 Å². The molecule has 0 unspecified atom stereocenters. The van der Waals surface area contributed by atoms with Gasteiger partial charge in [-0.25, -0.2) is 0 Å². The third kappa shape index (κ3) is 3.86. The summed E-state index contributed by atoms with van der Waals surface area (Å²) in [4.78, 5) is 1.19. The molecule has 1 atom stereocenters. The number of nitrogens with one attached hydrogen (secondary N) is 2. The third-order valence-electron chi connectivity index (χ3n) is 2.87. The van der Waals surface area contributed by atoms with Crippen molar-refractivity contribution in [1.29, 1.82) is 0 Å². The molecule has 1 aliphatic heterocycles. The van der Waals surface area contributed by atoms with E-state index in [0.717, 1.165) is 31.7 Å². The molecule has 1 aromatic rings. The van der Waals surface area contributed by atoms with E-state index >= 15 is 0 Å². The molecule has 5 heteroatoms. The second-order valence-corrected chi connectivity index (χ2v) is 5.43. The Bertz CT molecular complexity index is 406. The molecule has 18 heavy (non-hydrogen) atoms. The van der Waals surface area contributed by atoms with Gasteiger partial charge in [-0.1, -0.05) is 12.1 Å². The molecule has 0 spiro atoms. The summed E-state index contributed by atoms with van der Waals surface area (Å²) in [5, 5.41) is 7.10. The zero-order valence-corrected chi connectivity index (χ0v) is 12.1. The van der Waals surface area contributed by atoms with E-state index < -0.39 is 0 Å². The Morgan fingerprint density at radius 1 is 1.50 bits per heavy atom. The van der Waals surface area contributed by atoms with Gasteiger partial charge in [0.05, 0.1) is 11.8 Å². The number of hydrogen-bond donors (Lipinski definition) is 2. The standard InChI is InChI=1S/C13H18N2OS2/c1-18-12-7-3-2-6-11(12)15-13(17)14-9-10-5-4-8-16-10/h2-3,6-7,10H,4-5,8-9H2,1H3,(H2,14,15,17)/t10-/m1/s1. The Balaban J connectivity index is 1.82. The second kappa shape index (κ2) is 6.97. The Morgan fingerprint density at radius 2 is 2.33 bits per heavy atom. The predicted octanol–water partition coefficient (Wildman–Crippen LogP) is 2.87. The highest BCUT2D eigenvalue weighted by atomic mass is 32.2. The molecule has 1 fully saturated rings. The summed E-state index contributed by atoms with van der Waals surface area (Å²) in [7, 11) is 0. The van der Waals surface area contributed by atoms with Crippen LogP contribution in [0.25, 0.3) is 0 Å². The molecule has 0 amide bonds. The van der Waals surface area contributed by atoms with Crippen molar-refractivity contribution in [2.75, 3.05) is 24.7 Å². The van der Waals surface area contributed by atoms with E-state index in [9.17, 15) is 0 Å². The molecular formula is C13H18N2OS2. The van der Waals surface area contributed by atoms with Gasteiger partial charge in [-0.2, -0.15) is 0 Å². The van der Waals surface area contributed by atoms with Crippen molar-refractivity contribution in [3.05, 3.63) is 24.3 Å². The molecule has 2 N–H and O–H groups in total. The quantitative estimate of drug-likeness (QED) is 0.655. The molecule has 1 aliphatic rings. The Morgan fingerprint density at radius 3 is 3.06 bits per heavy atom. The highest BCUT2D eigenvalue weighted by Crippen LogP contribution is 2.24. The van der Waals surface area contributed by atoms with E-state index in [1.165, 1.54) is 4.90 Å². The van der Waals surface area contributed by atoms with Crippen LogP contribution in [0.4, 0.5) is 5.69 Å². The smallest absolute Gasteiger partial charge is 0.170 e. The molecule has 0 aliphatic carbocycles. The summed E-state index contributed by atoms with van der Waals surface area (Å²) < 4.78 is 5.54. The maximum Gasteiger partial charge on any atom is 0.170 e. The Kier molecular flexibility index (Phi) is 5.28. The number of anilines is 1. The van der Waals surface area contributed by atoms with Crippen LogP contribution in [-0.2, 0) is 4.74 Å². The zero-order valence-electron chi connectivity index (χ0n) is 10.4. The third-order valence-corrected chi connectivity index (χ3v) is 3.91. The minimum atomic E-state index is 0.306. The van der Waals surface area contributed by atoms with Crippen LogP contribution in [0, 0.1) is 0 Å². The molecule has 2 rings (SSSR count). The first kappa shape index (κ1) is 13.6. The number of ether oxygens (including phenoxy) is 1. The van der Waals surface area contributed by atoms with Crippen LogP contribution in [-0.4, -0.2) is 30.6 Å². The van der Waals surface area contributed by atoms with Crippen molar-refractivity contribution in [2.24, 2.45) is 0 Å². The lowest BCUT2D eigenvalue weighted by Gasteiger charge is -2.15. The monoisotopic (exact) mass is 282 g/mol. The summed E-state index contributed by atoms with van der Waals surface area (Å²) in [5.41, 5.74) is 1.05. The van der Waals surface area contributed by atoms with Gasteiger partial charge in [0.15, 0.2) is 5.11 Å². The number of thioether (sulfide) groups is 1. The first-order chi connectivity index (χ1) is 8.79. The molecular weight excluding hydrogens is 264 g/mol. The van der Waals surface area contributed by atoms with Gasteiger partial charge >= 0.3 is 0 Å². The number of rotatable bonds is 4. The fraction of sp³-hybridized carbons (Fsp3) is 0.462. The van der Waals surface area contributed by atoms with Crippen LogP contribution in [0.3, 0.4) is 0 Å². The van der Waals surface area contributed by atoms with E-state index in [1.54, 1.807) is 11.8 Å². The fourth-order valence-electron chi connectivity index (χ4n) is 1.93. The minimum Gasteiger partial charge on any atom is -0.376 e. The highest BCUT2D eigenvalue weighted by molar-refractivity contribution is 7.98. The lowest BCUT2D eigenvalue weighted by Crippen LogP contribution is -2.34. The maximum atomic E-state index is 5.54. The molecule has 1 saturated heterocycles. The summed E-state index contributed by atoms with van der Waals surface area (Å²) in [5.74, 6) is 0. The van der Waals surface area contributed by atoms with Gasteiger partial charge in [-0.05, 0) is 43.4 Å². The molecule has 0 saturated carbocycles. The zero-order chi connectivity index (χ0) is 12.8. The first-order valence-electron chi connectivity index (χ1n) is 6.09. The summed E-state index contributed by atoms with van der Waals surface area (Å²) >= 11 is 7.00. The van der Waals surface area contributed by atoms with Crippen molar-refractivity contribution in [1.82, 2.24) is 5.32 Å². The van der Waals surface area contributed by atoms with Gasteiger partial charge in [0.25, 0.3) is 0 Å². The summed E-state index contributed by atoms with van der Waals surface area (Å²) in [6, 6.07) is 8.15. The van der Waals surface area contributed by atoms with Gasteiger partial charge in [-0.3, -0.25) is 0 Å². The number of thiocarbonyl (C=S) groups is 1. The average Bonchev–Trinajstić information content (AvgIpc) is 2.90. The number of para-hydroxylation sites is 1. The van der Waals surface area contributed by atoms with E-state index in [0.29, 0.717) is 11.2 Å². The normalized spacial score (nSPS) is 18.6. The SMILES string of the molecule is CSc1ccccc1NC(=S)NC[C@H]1CCCO1. The van der Waals surface area contributed by atoms with Gasteiger partial charge in [0.2, 0.25) is 0 Å². The van der Waals surface area contributed by atoms with Crippen LogP contribution >= 0.6 is 24.0 Å². The van der Waals surface area contributed by atoms with E-state index in [2.05, 4.69) is 23.0 Å². The van der Waals surface area contributed by atoms with Crippen LogP contribution in [0.2, 0.25) is 0 Å². The maximum absolute atomic E-state index is 5.54. The van der Waals surface area contributed by atoms with Gasteiger partial charge in [-0.15, -0.1) is 11.8 Å². The first-order valence-corrected chi connectivity index (χ1v) is 7.72. The summed E-state index contributed by atoms with van der Waals surface area (Å²) in [6.07, 6.45) is 4.64. The Hall–Kier alpha value is -0.780. The van der Waals surface area contributed by atoms with E-state index in [-0.39, 0.29) is 0 Å². The predicted molar refractivity (Wildman–Crippen MR) is 81.4 cm³/mol. The van der Waals surface area contributed by atoms with Crippen molar-refractivity contribution in [3.8, 4) is 0 Å². The molecule has 0 aromatic heterocycles. The fourth-order valence-corrected chi connectivity index (χ4v) is 2.67. The molecule has 3 nitrogen and oxygen atoms in total. The van der Waals surface area contributed by atoms with E-state index in [1.807, 2.05) is 18.2 Å². The molecule has 0 radical (unpaired) electrons. The lowest BCUT2D eigenvalue weighted by atomic mass is 10.2. The number of hydrogen-bond acceptors (Lipinski definition) is 3. The largest absolute Gasteiger partial charge is 0.376 e. The van der Waals surface area contributed by atoms with Crippen LogP contribution in [0.1, 0.15) is 12.8 Å². The van der Waals surface area contributed by atoms with E-state index in [4.69, 9.17) is 17.0 Å². The Labute approximate surface area is 118 Å². The van der Waals surface area contributed by atoms with Gasteiger partial charge in [0.1, 0.15) is 0 Å². The summed E-state index contributed by atoms with van der Waals surface area (Å²) in [6.45, 7) is 1.66. The minimum absolute atomic E-state index is 0.306. The molecule has 0 bridgehead atoms. The highest BCUT2D eigenvalue weighted by Gasteiger charge is 2.15. The van der Waals surface area contributed by atoms with Crippen molar-refractivity contribution >= 4 is 34.8 Å². The van der Waals surface area contributed by atoms with Crippen molar-refractivity contribution in [3.63, 3.8) is 0 Å². The molecule has 98 valence electrons. The second-order valence-electron chi connectivity index (χ2n) is 4.17. The van der Waals surface area contributed by atoms with Crippen LogP contribution in [0.15, 0.2) is 29.2 Å². The van der Waals surface area contributed by atoms with Gasteiger partial charge < -0.3 is 15.4 Å². The molecule has 1 aromatic carbocycles. The van der Waals surface area contributed by atoms with Crippen LogP contribution in [0.5, 0.6) is 0 Å².